The van der Waals surface area contributed by atoms with Gasteiger partial charge in [0.2, 0.25) is 0 Å². The van der Waals surface area contributed by atoms with E-state index >= 15 is 0 Å². The monoisotopic (exact) mass is 412 g/mol. The lowest BCUT2D eigenvalue weighted by atomic mass is 9.79. The van der Waals surface area contributed by atoms with Crippen molar-refractivity contribution in [2.45, 2.75) is 32.6 Å². The Hall–Kier alpha value is -2.14. The standard InChI is InChI=1S/C21H21BrN2O2/c1-12-2-4-13(5-3-12)20(25)14-6-8-18-19(10-14)24-21(26)16-11-15(22)7-9-17(16)23-18/h6-13,23H,2-5H2,1H3,(H,24,26). The summed E-state index contributed by atoms with van der Waals surface area (Å²) in [4.78, 5) is 25.5. The third-order valence-electron chi connectivity index (χ3n) is 5.43. The van der Waals surface area contributed by atoms with E-state index in [2.05, 4.69) is 33.5 Å². The van der Waals surface area contributed by atoms with E-state index in [1.807, 2.05) is 30.3 Å². The Kier molecular flexibility index (Phi) is 4.57. The van der Waals surface area contributed by atoms with Gasteiger partial charge in [-0.3, -0.25) is 9.59 Å². The summed E-state index contributed by atoms with van der Waals surface area (Å²) >= 11 is 3.41. The number of ketones is 1. The number of benzene rings is 2. The molecule has 2 aromatic carbocycles. The van der Waals surface area contributed by atoms with Crippen molar-refractivity contribution >= 4 is 44.7 Å². The number of anilines is 3. The average molecular weight is 413 g/mol. The first kappa shape index (κ1) is 17.3. The predicted molar refractivity (Wildman–Crippen MR) is 107 cm³/mol. The van der Waals surface area contributed by atoms with Crippen LogP contribution in [0.25, 0.3) is 0 Å². The van der Waals surface area contributed by atoms with Crippen LogP contribution < -0.4 is 10.6 Å². The van der Waals surface area contributed by atoms with Gasteiger partial charge in [-0.2, -0.15) is 0 Å². The van der Waals surface area contributed by atoms with Gasteiger partial charge in [0.05, 0.1) is 22.6 Å². The molecule has 4 nitrogen and oxygen atoms in total. The van der Waals surface area contributed by atoms with Gasteiger partial charge in [-0.25, -0.2) is 0 Å². The van der Waals surface area contributed by atoms with Gasteiger partial charge in [0.15, 0.2) is 5.78 Å². The molecule has 2 N–H and O–H groups in total. The van der Waals surface area contributed by atoms with Gasteiger partial charge < -0.3 is 10.6 Å². The van der Waals surface area contributed by atoms with Crippen LogP contribution in [0.5, 0.6) is 0 Å². The number of hydrogen-bond acceptors (Lipinski definition) is 3. The molecule has 1 heterocycles. The molecule has 0 bridgehead atoms. The molecule has 1 saturated carbocycles. The summed E-state index contributed by atoms with van der Waals surface area (Å²) in [7, 11) is 0. The van der Waals surface area contributed by atoms with Crippen LogP contribution in [-0.4, -0.2) is 11.7 Å². The highest BCUT2D eigenvalue weighted by atomic mass is 79.9. The Labute approximate surface area is 161 Å². The number of carbonyl (C=O) groups is 2. The largest absolute Gasteiger partial charge is 0.353 e. The normalized spacial score (nSPS) is 21.7. The van der Waals surface area contributed by atoms with Crippen molar-refractivity contribution in [2.24, 2.45) is 11.8 Å². The molecule has 0 atom stereocenters. The van der Waals surface area contributed by atoms with E-state index in [0.717, 1.165) is 41.5 Å². The summed E-state index contributed by atoms with van der Waals surface area (Å²) in [5, 5.41) is 6.23. The summed E-state index contributed by atoms with van der Waals surface area (Å²) < 4.78 is 0.849. The van der Waals surface area contributed by atoms with Crippen molar-refractivity contribution in [1.82, 2.24) is 0 Å². The molecular formula is C21H21BrN2O2. The number of amides is 1. The van der Waals surface area contributed by atoms with Gasteiger partial charge in [0.25, 0.3) is 5.91 Å². The third-order valence-corrected chi connectivity index (χ3v) is 5.93. The van der Waals surface area contributed by atoms with E-state index in [4.69, 9.17) is 0 Å². The summed E-state index contributed by atoms with van der Waals surface area (Å²) in [6.45, 7) is 2.25. The molecule has 1 aliphatic heterocycles. The van der Waals surface area contributed by atoms with Crippen molar-refractivity contribution < 1.29 is 9.59 Å². The van der Waals surface area contributed by atoms with Gasteiger partial charge in [0.1, 0.15) is 0 Å². The molecule has 134 valence electrons. The van der Waals surface area contributed by atoms with Crippen LogP contribution in [0.1, 0.15) is 53.3 Å². The Morgan fingerprint density at radius 2 is 1.69 bits per heavy atom. The Balaban J connectivity index is 1.62. The maximum atomic E-state index is 12.9. The van der Waals surface area contributed by atoms with Crippen molar-refractivity contribution in [1.29, 1.82) is 0 Å². The molecule has 5 heteroatoms. The Morgan fingerprint density at radius 1 is 0.962 bits per heavy atom. The van der Waals surface area contributed by atoms with E-state index in [1.165, 1.54) is 0 Å². The van der Waals surface area contributed by atoms with Crippen LogP contribution in [-0.2, 0) is 0 Å². The highest BCUT2D eigenvalue weighted by Crippen LogP contribution is 2.36. The van der Waals surface area contributed by atoms with E-state index in [1.54, 1.807) is 6.07 Å². The second-order valence-electron chi connectivity index (χ2n) is 7.35. The molecule has 2 aliphatic rings. The third kappa shape index (κ3) is 3.28. The lowest BCUT2D eigenvalue weighted by Gasteiger charge is -2.25. The van der Waals surface area contributed by atoms with Crippen LogP contribution in [0.3, 0.4) is 0 Å². The number of nitrogens with one attached hydrogen (secondary N) is 2. The molecule has 4 rings (SSSR count). The van der Waals surface area contributed by atoms with Crippen molar-refractivity contribution in [3.63, 3.8) is 0 Å². The molecule has 2 aromatic rings. The number of hydrogen-bond donors (Lipinski definition) is 2. The Morgan fingerprint density at radius 3 is 2.46 bits per heavy atom. The molecule has 1 aliphatic carbocycles. The summed E-state index contributed by atoms with van der Waals surface area (Å²) in [5.41, 5.74) is 3.46. The van der Waals surface area contributed by atoms with E-state index in [9.17, 15) is 9.59 Å². The molecule has 1 fully saturated rings. The number of halogens is 1. The minimum Gasteiger partial charge on any atom is -0.353 e. The van der Waals surface area contributed by atoms with Gasteiger partial charge in [-0.05, 0) is 55.2 Å². The maximum absolute atomic E-state index is 12.9. The quantitative estimate of drug-likeness (QED) is 0.615. The minimum absolute atomic E-state index is 0.104. The summed E-state index contributed by atoms with van der Waals surface area (Å²) in [5.74, 6) is 0.835. The van der Waals surface area contributed by atoms with E-state index < -0.39 is 0 Å². The van der Waals surface area contributed by atoms with Crippen LogP contribution in [0, 0.1) is 11.8 Å². The zero-order valence-corrected chi connectivity index (χ0v) is 16.2. The molecule has 0 unspecified atom stereocenters. The molecule has 0 aromatic heterocycles. The summed E-state index contributed by atoms with van der Waals surface area (Å²) in [6, 6.07) is 11.1. The fourth-order valence-corrected chi connectivity index (χ4v) is 4.18. The highest BCUT2D eigenvalue weighted by Gasteiger charge is 2.26. The zero-order chi connectivity index (χ0) is 18.3. The fraction of sp³-hybridized carbons (Fsp3) is 0.333. The Bertz CT molecular complexity index is 886. The van der Waals surface area contributed by atoms with Gasteiger partial charge in [0, 0.05) is 16.0 Å². The first-order chi connectivity index (χ1) is 12.5. The van der Waals surface area contributed by atoms with Crippen molar-refractivity contribution in [3.8, 4) is 0 Å². The van der Waals surface area contributed by atoms with Crippen LogP contribution in [0.2, 0.25) is 0 Å². The first-order valence-corrected chi connectivity index (χ1v) is 9.87. The van der Waals surface area contributed by atoms with Crippen LogP contribution in [0.4, 0.5) is 17.1 Å². The van der Waals surface area contributed by atoms with E-state index in [-0.39, 0.29) is 17.6 Å². The van der Waals surface area contributed by atoms with E-state index in [0.29, 0.717) is 22.7 Å². The topological polar surface area (TPSA) is 58.2 Å². The molecule has 1 amide bonds. The molecule has 0 radical (unpaired) electrons. The molecule has 0 spiro atoms. The van der Waals surface area contributed by atoms with Crippen LogP contribution in [0.15, 0.2) is 40.9 Å². The molecular weight excluding hydrogens is 392 g/mol. The first-order valence-electron chi connectivity index (χ1n) is 9.07. The lowest BCUT2D eigenvalue weighted by Crippen LogP contribution is -2.21. The average Bonchev–Trinajstić information content (AvgIpc) is 2.77. The van der Waals surface area contributed by atoms with Gasteiger partial charge in [-0.15, -0.1) is 0 Å². The number of carbonyl (C=O) groups excluding carboxylic acids is 2. The SMILES string of the molecule is CC1CCC(C(=O)c2ccc3c(c2)NC(=O)c2cc(Br)ccc2N3)CC1. The van der Waals surface area contributed by atoms with Gasteiger partial charge in [-0.1, -0.05) is 35.7 Å². The van der Waals surface area contributed by atoms with Crippen molar-refractivity contribution in [2.75, 3.05) is 10.6 Å². The summed E-state index contributed by atoms with van der Waals surface area (Å²) in [6.07, 6.45) is 4.15. The smallest absolute Gasteiger partial charge is 0.257 e. The fourth-order valence-electron chi connectivity index (χ4n) is 3.82. The minimum atomic E-state index is -0.177. The van der Waals surface area contributed by atoms with Gasteiger partial charge >= 0.3 is 0 Å². The molecule has 26 heavy (non-hydrogen) atoms. The second-order valence-corrected chi connectivity index (χ2v) is 8.27. The van der Waals surface area contributed by atoms with Crippen molar-refractivity contribution in [3.05, 3.63) is 52.0 Å². The predicted octanol–water partition coefficient (Wildman–Crippen LogP) is 5.77. The maximum Gasteiger partial charge on any atom is 0.257 e. The molecule has 0 saturated heterocycles. The lowest BCUT2D eigenvalue weighted by molar-refractivity contribution is 0.0875. The zero-order valence-electron chi connectivity index (χ0n) is 14.6. The highest BCUT2D eigenvalue weighted by molar-refractivity contribution is 9.10. The number of rotatable bonds is 2. The second kappa shape index (κ2) is 6.88. The number of fused-ring (bicyclic) bond motifs is 2. The number of Topliss-reactive ketones (excluding diaryl/α,β-unsaturated/α-hetero) is 1. The van der Waals surface area contributed by atoms with Crippen LogP contribution >= 0.6 is 15.9 Å².